The van der Waals surface area contributed by atoms with Gasteiger partial charge in [-0.25, -0.2) is 4.99 Å². The Bertz CT molecular complexity index is 1060. The van der Waals surface area contributed by atoms with Crippen LogP contribution in [0.1, 0.15) is 58.9 Å². The van der Waals surface area contributed by atoms with Crippen LogP contribution in [0.25, 0.3) is 11.5 Å². The average molecular weight is 482 g/mol. The van der Waals surface area contributed by atoms with Crippen LogP contribution >= 0.6 is 0 Å². The van der Waals surface area contributed by atoms with Gasteiger partial charge in [-0.2, -0.15) is 0 Å². The summed E-state index contributed by atoms with van der Waals surface area (Å²) in [6.07, 6.45) is 5.58. The van der Waals surface area contributed by atoms with Crippen molar-refractivity contribution in [3.05, 3.63) is 54.2 Å². The normalized spacial score (nSPS) is 11.3. The van der Waals surface area contributed by atoms with E-state index in [-0.39, 0.29) is 0 Å². The molecule has 0 aliphatic carbocycles. The van der Waals surface area contributed by atoms with Crippen LogP contribution in [0.2, 0.25) is 0 Å². The summed E-state index contributed by atoms with van der Waals surface area (Å²) in [5.41, 5.74) is 2.76. The summed E-state index contributed by atoms with van der Waals surface area (Å²) in [7, 11) is 4.99. The number of aromatic nitrogens is 3. The molecule has 1 aromatic carbocycles. The lowest BCUT2D eigenvalue weighted by molar-refractivity contribution is 0.402. The Morgan fingerprint density at radius 1 is 1.03 bits per heavy atom. The molecule has 0 radical (unpaired) electrons. The third-order valence-electron chi connectivity index (χ3n) is 4.94. The van der Waals surface area contributed by atoms with Crippen molar-refractivity contribution in [3.8, 4) is 23.0 Å². The van der Waals surface area contributed by atoms with Crippen LogP contribution in [0, 0.1) is 12.8 Å². The predicted octanol–water partition coefficient (Wildman–Crippen LogP) is 6.44. The number of aryl methyl sites for hydroxylation is 1. The topological polar surface area (TPSA) is 95.0 Å². The van der Waals surface area contributed by atoms with Gasteiger partial charge in [0.15, 0.2) is 5.84 Å². The molecule has 35 heavy (non-hydrogen) atoms. The van der Waals surface area contributed by atoms with E-state index in [0.717, 1.165) is 40.7 Å². The van der Waals surface area contributed by atoms with Gasteiger partial charge in [-0.05, 0) is 49.6 Å². The molecule has 0 aliphatic rings. The maximum Gasteiger partial charge on any atom is 0.247 e. The first kappa shape index (κ1) is 29.5. The number of aliphatic imine (C=N–C) groups is 2. The molecule has 0 saturated carbocycles. The number of rotatable bonds is 6. The van der Waals surface area contributed by atoms with Crippen LogP contribution in [0.3, 0.4) is 0 Å². The third-order valence-corrected chi connectivity index (χ3v) is 4.94. The Morgan fingerprint density at radius 2 is 1.69 bits per heavy atom. The van der Waals surface area contributed by atoms with E-state index in [9.17, 15) is 0 Å². The van der Waals surface area contributed by atoms with Gasteiger partial charge in [-0.15, -0.1) is 10.2 Å². The molecule has 0 N–H and O–H groups in total. The van der Waals surface area contributed by atoms with Crippen LogP contribution in [-0.4, -0.2) is 48.0 Å². The summed E-state index contributed by atoms with van der Waals surface area (Å²) in [6.45, 7) is 12.5. The van der Waals surface area contributed by atoms with E-state index >= 15 is 0 Å². The monoisotopic (exact) mass is 481 g/mol. The molecule has 0 fully saturated rings. The molecule has 0 unspecified atom stereocenters. The number of methoxy groups -OCH3 is 2. The first-order valence-electron chi connectivity index (χ1n) is 11.7. The minimum atomic E-state index is 0.537. The summed E-state index contributed by atoms with van der Waals surface area (Å²) in [5, 5.41) is 7.60. The van der Waals surface area contributed by atoms with E-state index in [2.05, 4.69) is 52.9 Å². The van der Waals surface area contributed by atoms with E-state index in [1.54, 1.807) is 40.6 Å². The fourth-order valence-corrected chi connectivity index (χ4v) is 2.39. The molecule has 190 valence electrons. The second-order valence-electron chi connectivity index (χ2n) is 7.98. The number of ether oxygens (including phenoxy) is 2. The first-order valence-corrected chi connectivity index (χ1v) is 11.7. The second-order valence-corrected chi connectivity index (χ2v) is 7.98. The average Bonchev–Trinajstić information content (AvgIpc) is 3.34. The molecule has 0 aliphatic heterocycles. The van der Waals surface area contributed by atoms with Crippen molar-refractivity contribution in [1.29, 1.82) is 0 Å². The van der Waals surface area contributed by atoms with E-state index in [4.69, 9.17) is 13.9 Å². The summed E-state index contributed by atoms with van der Waals surface area (Å²) in [4.78, 5) is 12.6. The van der Waals surface area contributed by atoms with Gasteiger partial charge >= 0.3 is 0 Å². The van der Waals surface area contributed by atoms with Gasteiger partial charge in [0.2, 0.25) is 11.8 Å². The lowest BCUT2D eigenvalue weighted by Crippen LogP contribution is -2.04. The Morgan fingerprint density at radius 3 is 2.14 bits per heavy atom. The summed E-state index contributed by atoms with van der Waals surface area (Å²) >= 11 is 0. The van der Waals surface area contributed by atoms with Crippen LogP contribution in [0.4, 0.5) is 0 Å². The zero-order valence-electron chi connectivity index (χ0n) is 22.5. The Hall–Kier alpha value is -3.55. The zero-order chi connectivity index (χ0) is 26.2. The number of nitrogens with zero attached hydrogens (tertiary/aromatic N) is 5. The van der Waals surface area contributed by atoms with Crippen molar-refractivity contribution in [1.82, 2.24) is 15.2 Å². The molecule has 3 rings (SSSR count). The molecule has 0 saturated heterocycles. The number of benzene rings is 1. The fourth-order valence-electron chi connectivity index (χ4n) is 2.39. The van der Waals surface area contributed by atoms with Gasteiger partial charge < -0.3 is 13.9 Å². The van der Waals surface area contributed by atoms with Crippen molar-refractivity contribution >= 4 is 11.5 Å². The third kappa shape index (κ3) is 10.5. The van der Waals surface area contributed by atoms with E-state index < -0.39 is 0 Å². The standard InChI is InChI=1S/C14H20N2O2.C8H7N3O.C5H12/c1-6-10(2)16-14(15-3)12-9-11(17-4)7-8-13(12)18-5;1-6-10-11-8(12-6)7-2-4-9-5-3-7;1-4-5(2)3/h7-9H,6H2,1-5H3;2-5H,1H3;5H,4H2,1-3H3. The lowest BCUT2D eigenvalue weighted by Gasteiger charge is -2.10. The molecule has 0 bridgehead atoms. The van der Waals surface area contributed by atoms with Gasteiger partial charge in [0.05, 0.1) is 19.8 Å². The van der Waals surface area contributed by atoms with Crippen molar-refractivity contribution in [2.45, 2.75) is 54.4 Å². The minimum Gasteiger partial charge on any atom is -0.497 e. The quantitative estimate of drug-likeness (QED) is 0.297. The molecule has 0 spiro atoms. The maximum atomic E-state index is 5.34. The van der Waals surface area contributed by atoms with Gasteiger partial charge in [0, 0.05) is 37.6 Å². The van der Waals surface area contributed by atoms with Crippen LogP contribution in [0.15, 0.2) is 57.1 Å². The van der Waals surface area contributed by atoms with Gasteiger partial charge in [-0.1, -0.05) is 34.1 Å². The summed E-state index contributed by atoms with van der Waals surface area (Å²) in [6, 6.07) is 9.25. The number of amidine groups is 1. The predicted molar refractivity (Wildman–Crippen MR) is 143 cm³/mol. The van der Waals surface area contributed by atoms with Gasteiger partial charge in [0.25, 0.3) is 0 Å². The van der Waals surface area contributed by atoms with Gasteiger partial charge in [-0.3, -0.25) is 9.98 Å². The number of hydrogen-bond donors (Lipinski definition) is 0. The molecular weight excluding hydrogens is 442 g/mol. The highest BCUT2D eigenvalue weighted by atomic mass is 16.5. The van der Waals surface area contributed by atoms with E-state index in [1.165, 1.54) is 6.42 Å². The zero-order valence-corrected chi connectivity index (χ0v) is 22.5. The molecule has 8 heteroatoms. The molecule has 8 nitrogen and oxygen atoms in total. The molecular formula is C27H39N5O3. The Labute approximate surface area is 209 Å². The number of pyridine rings is 1. The Kier molecular flexibility index (Phi) is 13.6. The highest BCUT2D eigenvalue weighted by molar-refractivity contribution is 6.08. The highest BCUT2D eigenvalue weighted by Crippen LogP contribution is 2.25. The van der Waals surface area contributed by atoms with Crippen molar-refractivity contribution in [2.75, 3.05) is 21.3 Å². The molecule has 2 heterocycles. The lowest BCUT2D eigenvalue weighted by atomic mass is 10.1. The molecule has 0 amide bonds. The summed E-state index contributed by atoms with van der Waals surface area (Å²) in [5.74, 6) is 4.15. The van der Waals surface area contributed by atoms with Crippen molar-refractivity contribution in [3.63, 3.8) is 0 Å². The molecule has 3 aromatic rings. The Balaban J connectivity index is 0.000000308. The molecule has 2 aromatic heterocycles. The SMILES string of the molecule is CCC(C)=NC(=NC)c1cc(OC)ccc1OC.CCC(C)C.Cc1nnc(-c2ccncc2)o1. The highest BCUT2D eigenvalue weighted by Gasteiger charge is 2.11. The minimum absolute atomic E-state index is 0.537. The smallest absolute Gasteiger partial charge is 0.247 e. The summed E-state index contributed by atoms with van der Waals surface area (Å²) < 4.78 is 15.8. The maximum absolute atomic E-state index is 5.34. The van der Waals surface area contributed by atoms with Crippen molar-refractivity contribution < 1.29 is 13.9 Å². The number of hydrogen-bond acceptors (Lipinski definition) is 7. The van der Waals surface area contributed by atoms with E-state index in [1.807, 2.05) is 37.3 Å². The largest absolute Gasteiger partial charge is 0.497 e. The van der Waals surface area contributed by atoms with E-state index in [0.29, 0.717) is 17.6 Å². The fraction of sp³-hybridized carbons (Fsp3) is 0.444. The van der Waals surface area contributed by atoms with Crippen molar-refractivity contribution in [2.24, 2.45) is 15.9 Å². The van der Waals surface area contributed by atoms with Crippen LogP contribution in [0.5, 0.6) is 11.5 Å². The van der Waals surface area contributed by atoms with Gasteiger partial charge in [0.1, 0.15) is 11.5 Å². The molecule has 0 atom stereocenters. The first-order chi connectivity index (χ1) is 16.8. The second kappa shape index (κ2) is 16.1. The van der Waals surface area contributed by atoms with Crippen LogP contribution < -0.4 is 9.47 Å². The van der Waals surface area contributed by atoms with Crippen LogP contribution in [-0.2, 0) is 0 Å².